The first kappa shape index (κ1) is 8.48. The largest absolute Gasteiger partial charge is 0.444 e. The molecule has 0 unspecified atom stereocenters. The lowest BCUT2D eigenvalue weighted by Crippen LogP contribution is -2.15. The zero-order valence-electron chi connectivity index (χ0n) is 8.33. The fourth-order valence-corrected chi connectivity index (χ4v) is 1.81. The molecule has 2 aliphatic rings. The lowest BCUT2D eigenvalue weighted by molar-refractivity contribution is 0.330. The van der Waals surface area contributed by atoms with E-state index in [4.69, 9.17) is 4.42 Å². The second-order valence-corrected chi connectivity index (χ2v) is 4.44. The van der Waals surface area contributed by atoms with E-state index in [2.05, 4.69) is 10.3 Å². The molecular formula is C11H16N2O. The number of hydrogen-bond acceptors (Lipinski definition) is 3. The molecule has 2 aliphatic carbocycles. The predicted octanol–water partition coefficient (Wildman–Crippen LogP) is 2.19. The molecule has 0 bridgehead atoms. The van der Waals surface area contributed by atoms with Gasteiger partial charge in [-0.3, -0.25) is 0 Å². The smallest absolute Gasteiger partial charge is 0.208 e. The molecule has 0 saturated heterocycles. The lowest BCUT2D eigenvalue weighted by Gasteiger charge is -2.22. The topological polar surface area (TPSA) is 38.1 Å². The van der Waals surface area contributed by atoms with Crippen molar-refractivity contribution < 1.29 is 4.42 Å². The van der Waals surface area contributed by atoms with Crippen LogP contribution in [0.4, 0.5) is 0 Å². The maximum absolute atomic E-state index is 5.69. The van der Waals surface area contributed by atoms with Crippen LogP contribution in [-0.2, 0) is 6.54 Å². The number of hydrogen-bond donors (Lipinski definition) is 1. The van der Waals surface area contributed by atoms with Gasteiger partial charge in [-0.1, -0.05) is 6.42 Å². The fraction of sp³-hybridized carbons (Fsp3) is 0.727. The van der Waals surface area contributed by atoms with Crippen LogP contribution in [0.1, 0.15) is 49.7 Å². The summed E-state index contributed by atoms with van der Waals surface area (Å²) >= 11 is 0. The van der Waals surface area contributed by atoms with Crippen LogP contribution >= 0.6 is 0 Å². The molecule has 76 valence electrons. The summed E-state index contributed by atoms with van der Waals surface area (Å²) in [6.07, 6.45) is 8.45. The zero-order chi connectivity index (χ0) is 9.38. The Morgan fingerprint density at radius 3 is 2.86 bits per heavy atom. The highest BCUT2D eigenvalue weighted by molar-refractivity contribution is 5.05. The van der Waals surface area contributed by atoms with Crippen molar-refractivity contribution in [1.29, 1.82) is 0 Å². The van der Waals surface area contributed by atoms with Crippen molar-refractivity contribution in [1.82, 2.24) is 10.3 Å². The first-order valence-corrected chi connectivity index (χ1v) is 5.60. The quantitative estimate of drug-likeness (QED) is 0.794. The monoisotopic (exact) mass is 192 g/mol. The van der Waals surface area contributed by atoms with E-state index >= 15 is 0 Å². The van der Waals surface area contributed by atoms with Crippen LogP contribution in [-0.4, -0.2) is 11.0 Å². The molecule has 1 aromatic heterocycles. The average molecular weight is 192 g/mol. The van der Waals surface area contributed by atoms with Gasteiger partial charge in [0.25, 0.3) is 0 Å². The molecule has 1 aromatic rings. The van der Waals surface area contributed by atoms with Gasteiger partial charge >= 0.3 is 0 Å². The van der Waals surface area contributed by atoms with Gasteiger partial charge in [-0.2, -0.15) is 0 Å². The Morgan fingerprint density at radius 2 is 2.21 bits per heavy atom. The molecule has 2 fully saturated rings. The third-order valence-electron chi connectivity index (χ3n) is 3.20. The highest BCUT2D eigenvalue weighted by Gasteiger charge is 2.24. The van der Waals surface area contributed by atoms with E-state index in [0.717, 1.165) is 24.2 Å². The molecule has 3 heteroatoms. The number of rotatable bonds is 4. The zero-order valence-corrected chi connectivity index (χ0v) is 8.33. The summed E-state index contributed by atoms with van der Waals surface area (Å²) in [5.74, 6) is 2.62. The van der Waals surface area contributed by atoms with Gasteiger partial charge in [0.05, 0.1) is 12.7 Å². The second kappa shape index (κ2) is 3.39. The van der Waals surface area contributed by atoms with Gasteiger partial charge in [0.2, 0.25) is 5.89 Å². The van der Waals surface area contributed by atoms with Crippen LogP contribution in [0, 0.1) is 0 Å². The van der Waals surface area contributed by atoms with Crippen LogP contribution in [0.25, 0.3) is 0 Å². The molecule has 0 aliphatic heterocycles. The van der Waals surface area contributed by atoms with Crippen molar-refractivity contribution in [3.05, 3.63) is 17.8 Å². The van der Waals surface area contributed by atoms with E-state index in [0.29, 0.717) is 5.92 Å². The first-order chi connectivity index (χ1) is 6.92. The minimum Gasteiger partial charge on any atom is -0.444 e. The summed E-state index contributed by atoms with van der Waals surface area (Å²) in [6, 6.07) is 0.731. The maximum Gasteiger partial charge on any atom is 0.208 e. The molecule has 1 heterocycles. The minimum absolute atomic E-state index is 0.664. The van der Waals surface area contributed by atoms with E-state index in [9.17, 15) is 0 Å². The highest BCUT2D eigenvalue weighted by atomic mass is 16.4. The molecule has 3 rings (SSSR count). The summed E-state index contributed by atoms with van der Waals surface area (Å²) < 4.78 is 5.69. The van der Waals surface area contributed by atoms with Gasteiger partial charge in [0.1, 0.15) is 5.76 Å². The Bertz CT molecular complexity index is 313. The van der Waals surface area contributed by atoms with Gasteiger partial charge in [-0.25, -0.2) is 4.98 Å². The molecule has 14 heavy (non-hydrogen) atoms. The fourth-order valence-electron chi connectivity index (χ4n) is 1.81. The number of nitrogens with zero attached hydrogens (tertiary/aromatic N) is 1. The molecule has 0 atom stereocenters. The summed E-state index contributed by atoms with van der Waals surface area (Å²) in [7, 11) is 0. The van der Waals surface area contributed by atoms with Crippen molar-refractivity contribution in [2.75, 3.05) is 0 Å². The Hall–Kier alpha value is -0.830. The van der Waals surface area contributed by atoms with Gasteiger partial charge in [0.15, 0.2) is 0 Å². The number of aromatic nitrogens is 1. The van der Waals surface area contributed by atoms with Gasteiger partial charge in [-0.05, 0) is 25.7 Å². The van der Waals surface area contributed by atoms with Crippen LogP contribution in [0.3, 0.4) is 0 Å². The Balaban J connectivity index is 1.58. The summed E-state index contributed by atoms with van der Waals surface area (Å²) in [5.41, 5.74) is 0. The van der Waals surface area contributed by atoms with E-state index < -0.39 is 0 Å². The summed E-state index contributed by atoms with van der Waals surface area (Å²) in [4.78, 5) is 4.29. The van der Waals surface area contributed by atoms with E-state index in [1.807, 2.05) is 6.20 Å². The Labute approximate surface area is 83.9 Å². The molecule has 0 radical (unpaired) electrons. The molecule has 0 amide bonds. The van der Waals surface area contributed by atoms with Gasteiger partial charge in [-0.15, -0.1) is 0 Å². The van der Waals surface area contributed by atoms with Gasteiger partial charge < -0.3 is 9.73 Å². The molecule has 0 aromatic carbocycles. The first-order valence-electron chi connectivity index (χ1n) is 5.60. The van der Waals surface area contributed by atoms with Gasteiger partial charge in [0, 0.05) is 12.0 Å². The predicted molar refractivity (Wildman–Crippen MR) is 53.0 cm³/mol. The van der Waals surface area contributed by atoms with Crippen LogP contribution < -0.4 is 5.32 Å². The third-order valence-corrected chi connectivity index (χ3v) is 3.20. The lowest BCUT2D eigenvalue weighted by atomic mass is 9.84. The minimum atomic E-state index is 0.664. The van der Waals surface area contributed by atoms with Crippen molar-refractivity contribution in [3.63, 3.8) is 0 Å². The van der Waals surface area contributed by atoms with E-state index in [-0.39, 0.29) is 0 Å². The number of oxazole rings is 1. The molecule has 0 spiro atoms. The Morgan fingerprint density at radius 1 is 1.36 bits per heavy atom. The van der Waals surface area contributed by atoms with Crippen molar-refractivity contribution in [3.8, 4) is 0 Å². The van der Waals surface area contributed by atoms with Crippen molar-refractivity contribution in [2.45, 2.75) is 50.6 Å². The molecule has 3 nitrogen and oxygen atoms in total. The van der Waals surface area contributed by atoms with E-state index in [1.54, 1.807) is 0 Å². The van der Waals surface area contributed by atoms with Crippen molar-refractivity contribution in [2.24, 2.45) is 0 Å². The third kappa shape index (κ3) is 1.69. The Kier molecular flexibility index (Phi) is 2.05. The van der Waals surface area contributed by atoms with Crippen LogP contribution in [0.2, 0.25) is 0 Å². The molecular weight excluding hydrogens is 176 g/mol. The normalized spacial score (nSPS) is 22.3. The van der Waals surface area contributed by atoms with Crippen LogP contribution in [0.15, 0.2) is 10.6 Å². The van der Waals surface area contributed by atoms with Crippen LogP contribution in [0.5, 0.6) is 0 Å². The molecule has 1 N–H and O–H groups in total. The highest BCUT2D eigenvalue weighted by Crippen LogP contribution is 2.36. The standard InChI is InChI=1S/C11H16N2O/c1-2-8(3-1)10-6-13-11(14-10)7-12-9-4-5-9/h6,8-9,12H,1-5,7H2. The summed E-state index contributed by atoms with van der Waals surface area (Å²) in [6.45, 7) is 0.803. The summed E-state index contributed by atoms with van der Waals surface area (Å²) in [5, 5.41) is 3.40. The maximum atomic E-state index is 5.69. The average Bonchev–Trinajstić information content (AvgIpc) is 2.82. The second-order valence-electron chi connectivity index (χ2n) is 4.44. The number of nitrogens with one attached hydrogen (secondary N) is 1. The van der Waals surface area contributed by atoms with Crippen molar-refractivity contribution >= 4 is 0 Å². The van der Waals surface area contributed by atoms with E-state index in [1.165, 1.54) is 32.1 Å². The molecule has 2 saturated carbocycles. The SMILES string of the molecule is c1nc(CNC2CC2)oc1C1CCC1.